The molecule has 0 amide bonds. The Morgan fingerprint density at radius 2 is 1.84 bits per heavy atom. The van der Waals surface area contributed by atoms with Gasteiger partial charge in [-0.1, -0.05) is 33.6 Å². The molecule has 0 atom stereocenters. The molecule has 0 saturated carbocycles. The van der Waals surface area contributed by atoms with E-state index in [4.69, 9.17) is 14.2 Å². The van der Waals surface area contributed by atoms with Crippen molar-refractivity contribution < 1.29 is 23.8 Å². The number of hydrogen-bond acceptors (Lipinski definition) is 6. The van der Waals surface area contributed by atoms with Gasteiger partial charge in [-0.3, -0.25) is 0 Å². The molecule has 6 nitrogen and oxygen atoms in total. The molecule has 3 aromatic carbocycles. The second-order valence-electron chi connectivity index (χ2n) is 7.01. The molecule has 0 N–H and O–H groups in total. The highest BCUT2D eigenvalue weighted by Crippen LogP contribution is 2.29. The van der Waals surface area contributed by atoms with E-state index in [-0.39, 0.29) is 17.3 Å². The Morgan fingerprint density at radius 1 is 1.06 bits per heavy atom. The number of cyclic esters (lactones) is 1. The predicted molar refractivity (Wildman–Crippen MR) is 124 cm³/mol. The number of nitrogens with zero attached hydrogens (tertiary/aromatic N) is 1. The number of carbonyl (C=O) groups is 2. The summed E-state index contributed by atoms with van der Waals surface area (Å²) >= 11 is 3.41. The summed E-state index contributed by atoms with van der Waals surface area (Å²) in [6.45, 7) is 1.95. The molecule has 1 heterocycles. The minimum Gasteiger partial charge on any atom is -0.497 e. The minimum absolute atomic E-state index is 0.112. The third-order valence-electron chi connectivity index (χ3n) is 4.68. The zero-order chi connectivity index (χ0) is 22.7. The topological polar surface area (TPSA) is 74.2 Å². The van der Waals surface area contributed by atoms with Crippen LogP contribution in [0.5, 0.6) is 11.5 Å². The van der Waals surface area contributed by atoms with E-state index in [0.29, 0.717) is 22.4 Å². The van der Waals surface area contributed by atoms with E-state index in [2.05, 4.69) is 20.9 Å². The molecular formula is C25H18BrNO5. The van der Waals surface area contributed by atoms with Crippen molar-refractivity contribution in [2.24, 2.45) is 4.99 Å². The lowest BCUT2D eigenvalue weighted by atomic mass is 10.1. The Labute approximate surface area is 193 Å². The summed E-state index contributed by atoms with van der Waals surface area (Å²) in [7, 11) is 1.55. The van der Waals surface area contributed by atoms with Crippen molar-refractivity contribution in [1.29, 1.82) is 0 Å². The Morgan fingerprint density at radius 3 is 2.56 bits per heavy atom. The fourth-order valence-electron chi connectivity index (χ4n) is 3.07. The molecular weight excluding hydrogens is 474 g/mol. The van der Waals surface area contributed by atoms with E-state index in [0.717, 1.165) is 10.0 Å². The predicted octanol–water partition coefficient (Wildman–Crippen LogP) is 5.33. The lowest BCUT2D eigenvalue weighted by molar-refractivity contribution is -0.129. The first kappa shape index (κ1) is 21.5. The number of methoxy groups -OCH3 is 1. The average molecular weight is 492 g/mol. The van der Waals surface area contributed by atoms with Crippen LogP contribution in [-0.4, -0.2) is 24.9 Å². The smallest absolute Gasteiger partial charge is 0.363 e. The zero-order valence-electron chi connectivity index (χ0n) is 17.3. The minimum atomic E-state index is -0.575. The highest BCUT2D eigenvalue weighted by molar-refractivity contribution is 9.10. The van der Waals surface area contributed by atoms with Gasteiger partial charge in [0.1, 0.15) is 11.5 Å². The van der Waals surface area contributed by atoms with Crippen LogP contribution in [0.4, 0.5) is 0 Å². The maximum atomic E-state index is 12.6. The molecule has 0 fully saturated rings. The van der Waals surface area contributed by atoms with Crippen LogP contribution in [0.3, 0.4) is 0 Å². The number of ether oxygens (including phenoxy) is 3. The van der Waals surface area contributed by atoms with E-state index in [1.165, 1.54) is 6.08 Å². The number of hydrogen-bond donors (Lipinski definition) is 0. The first-order chi connectivity index (χ1) is 15.4. The van der Waals surface area contributed by atoms with Crippen LogP contribution in [0.15, 0.2) is 81.9 Å². The van der Waals surface area contributed by atoms with Crippen molar-refractivity contribution in [3.05, 3.63) is 99.2 Å². The quantitative estimate of drug-likeness (QED) is 0.274. The Balaban J connectivity index is 1.63. The molecule has 160 valence electrons. The summed E-state index contributed by atoms with van der Waals surface area (Å²) in [6, 6.07) is 19.2. The van der Waals surface area contributed by atoms with E-state index in [1.54, 1.807) is 49.6 Å². The van der Waals surface area contributed by atoms with Gasteiger partial charge >= 0.3 is 11.9 Å². The number of halogens is 1. The van der Waals surface area contributed by atoms with Gasteiger partial charge in [0.2, 0.25) is 5.90 Å². The molecule has 0 bridgehead atoms. The van der Waals surface area contributed by atoms with Gasteiger partial charge in [0.05, 0.1) is 12.7 Å². The maximum absolute atomic E-state index is 12.6. The average Bonchev–Trinajstić information content (AvgIpc) is 3.16. The molecule has 0 saturated heterocycles. The third kappa shape index (κ3) is 4.78. The molecule has 1 aliphatic rings. The molecule has 0 radical (unpaired) electrons. The van der Waals surface area contributed by atoms with Crippen molar-refractivity contribution in [1.82, 2.24) is 0 Å². The molecule has 4 rings (SSSR count). The van der Waals surface area contributed by atoms with Gasteiger partial charge in [0.25, 0.3) is 0 Å². The van der Waals surface area contributed by atoms with Crippen LogP contribution in [0, 0.1) is 6.92 Å². The SMILES string of the molecule is COc1ccc(C(=O)Oc2ccc(Br)cc2/C=C2/N=C(c3cccc(C)c3)OC2=O)cc1. The standard InChI is InChI=1S/C25H18BrNO5/c1-15-4-3-5-17(12-15)23-27-21(25(29)32-23)14-18-13-19(26)8-11-22(18)31-24(28)16-6-9-20(30-2)10-7-16/h3-14H,1-2H3/b21-14+. The fourth-order valence-corrected chi connectivity index (χ4v) is 3.45. The van der Waals surface area contributed by atoms with E-state index >= 15 is 0 Å². The highest BCUT2D eigenvalue weighted by atomic mass is 79.9. The summed E-state index contributed by atoms with van der Waals surface area (Å²) in [5.41, 5.74) is 2.72. The van der Waals surface area contributed by atoms with E-state index in [9.17, 15) is 9.59 Å². The molecule has 1 aliphatic heterocycles. The van der Waals surface area contributed by atoms with Crippen LogP contribution in [-0.2, 0) is 9.53 Å². The van der Waals surface area contributed by atoms with Crippen LogP contribution >= 0.6 is 15.9 Å². The highest BCUT2D eigenvalue weighted by Gasteiger charge is 2.25. The Kier molecular flexibility index (Phi) is 6.18. The number of esters is 2. The molecule has 0 spiro atoms. The van der Waals surface area contributed by atoms with Crippen LogP contribution in [0.25, 0.3) is 6.08 Å². The summed E-state index contributed by atoms with van der Waals surface area (Å²) in [6.07, 6.45) is 1.53. The van der Waals surface area contributed by atoms with Crippen molar-refractivity contribution in [3.8, 4) is 11.5 Å². The summed E-state index contributed by atoms with van der Waals surface area (Å²) < 4.78 is 16.8. The third-order valence-corrected chi connectivity index (χ3v) is 5.17. The molecule has 3 aromatic rings. The van der Waals surface area contributed by atoms with Gasteiger partial charge < -0.3 is 14.2 Å². The number of carbonyl (C=O) groups excluding carboxylic acids is 2. The largest absolute Gasteiger partial charge is 0.497 e. The van der Waals surface area contributed by atoms with Crippen LogP contribution < -0.4 is 9.47 Å². The molecule has 7 heteroatoms. The van der Waals surface area contributed by atoms with Gasteiger partial charge in [-0.25, -0.2) is 14.6 Å². The van der Waals surface area contributed by atoms with Gasteiger partial charge in [-0.2, -0.15) is 0 Å². The van der Waals surface area contributed by atoms with Crippen molar-refractivity contribution in [3.63, 3.8) is 0 Å². The normalized spacial score (nSPS) is 14.2. The lowest BCUT2D eigenvalue weighted by Gasteiger charge is -2.09. The summed E-state index contributed by atoms with van der Waals surface area (Å²) in [5.74, 6) is 0.0457. The van der Waals surface area contributed by atoms with Crippen molar-refractivity contribution >= 4 is 39.8 Å². The van der Waals surface area contributed by atoms with Crippen molar-refractivity contribution in [2.45, 2.75) is 6.92 Å². The number of benzene rings is 3. The monoisotopic (exact) mass is 491 g/mol. The fraction of sp³-hybridized carbons (Fsp3) is 0.0800. The zero-order valence-corrected chi connectivity index (χ0v) is 18.9. The second kappa shape index (κ2) is 9.20. The number of aliphatic imine (C=N–C) groups is 1. The molecule has 0 aromatic heterocycles. The molecule has 32 heavy (non-hydrogen) atoms. The van der Waals surface area contributed by atoms with Gasteiger partial charge in [0, 0.05) is 15.6 Å². The first-order valence-corrected chi connectivity index (χ1v) is 10.5. The van der Waals surface area contributed by atoms with Gasteiger partial charge in [-0.05, 0) is 67.6 Å². The first-order valence-electron chi connectivity index (χ1n) is 9.68. The Bertz CT molecular complexity index is 1260. The lowest BCUT2D eigenvalue weighted by Crippen LogP contribution is -2.09. The Hall–Kier alpha value is -3.71. The van der Waals surface area contributed by atoms with E-state index < -0.39 is 11.9 Å². The summed E-state index contributed by atoms with van der Waals surface area (Å²) in [5, 5.41) is 0. The van der Waals surface area contributed by atoms with E-state index in [1.807, 2.05) is 31.2 Å². The number of aryl methyl sites for hydroxylation is 1. The molecule has 0 unspecified atom stereocenters. The van der Waals surface area contributed by atoms with Gasteiger partial charge in [-0.15, -0.1) is 0 Å². The number of rotatable bonds is 5. The molecule has 0 aliphatic carbocycles. The van der Waals surface area contributed by atoms with Crippen LogP contribution in [0.1, 0.15) is 27.0 Å². The van der Waals surface area contributed by atoms with Crippen molar-refractivity contribution in [2.75, 3.05) is 7.11 Å². The van der Waals surface area contributed by atoms with Crippen LogP contribution in [0.2, 0.25) is 0 Å². The van der Waals surface area contributed by atoms with Gasteiger partial charge in [0.15, 0.2) is 5.70 Å². The summed E-state index contributed by atoms with van der Waals surface area (Å²) in [4.78, 5) is 29.4. The maximum Gasteiger partial charge on any atom is 0.363 e. The second-order valence-corrected chi connectivity index (χ2v) is 7.92.